The van der Waals surface area contributed by atoms with E-state index in [1.165, 1.54) is 5.56 Å². The van der Waals surface area contributed by atoms with Crippen molar-refractivity contribution in [3.05, 3.63) is 34.3 Å². The molecule has 1 aromatic carbocycles. The van der Waals surface area contributed by atoms with Crippen LogP contribution in [-0.2, 0) is 10.2 Å². The minimum atomic E-state index is -0.565. The van der Waals surface area contributed by atoms with E-state index in [-0.39, 0.29) is 11.3 Å². The van der Waals surface area contributed by atoms with Gasteiger partial charge in [-0.25, -0.2) is 0 Å². The van der Waals surface area contributed by atoms with Crippen LogP contribution >= 0.6 is 15.9 Å². The Bertz CT molecular complexity index is 492. The van der Waals surface area contributed by atoms with Gasteiger partial charge in [-0.2, -0.15) is 0 Å². The van der Waals surface area contributed by atoms with Gasteiger partial charge in [-0.3, -0.25) is 4.79 Å². The highest BCUT2D eigenvalue weighted by atomic mass is 79.9. The molecule has 3 rings (SSSR count). The lowest BCUT2D eigenvalue weighted by atomic mass is 9.96. The first-order chi connectivity index (χ1) is 8.56. The van der Waals surface area contributed by atoms with Crippen LogP contribution in [0.5, 0.6) is 0 Å². The van der Waals surface area contributed by atoms with Gasteiger partial charge >= 0.3 is 0 Å². The molecule has 3 N–H and O–H groups in total. The van der Waals surface area contributed by atoms with E-state index < -0.39 is 5.54 Å². The maximum Gasteiger partial charge on any atom is 0.240 e. The van der Waals surface area contributed by atoms with E-state index in [2.05, 4.69) is 33.4 Å². The predicted molar refractivity (Wildman–Crippen MR) is 74.2 cm³/mol. The summed E-state index contributed by atoms with van der Waals surface area (Å²) in [6.45, 7) is 0.702. The summed E-state index contributed by atoms with van der Waals surface area (Å²) < 4.78 is 1.13. The second-order valence-corrected chi connectivity index (χ2v) is 6.45. The van der Waals surface area contributed by atoms with Crippen molar-refractivity contribution in [2.24, 2.45) is 5.73 Å². The summed E-state index contributed by atoms with van der Waals surface area (Å²) in [5.41, 5.74) is 6.75. The average Bonchev–Trinajstić information content (AvgIpc) is 3.25. The van der Waals surface area contributed by atoms with Gasteiger partial charge in [0.2, 0.25) is 5.91 Å². The third-order valence-electron chi connectivity index (χ3n) is 4.13. The van der Waals surface area contributed by atoms with Crippen LogP contribution in [0.1, 0.15) is 31.2 Å². The number of carbonyl (C=O) groups is 1. The highest BCUT2D eigenvalue weighted by molar-refractivity contribution is 9.10. The molecular formula is C14H17BrN2O. The summed E-state index contributed by atoms with van der Waals surface area (Å²) in [5, 5.41) is 3.03. The molecular weight excluding hydrogens is 292 g/mol. The molecule has 0 saturated heterocycles. The number of amides is 1. The fourth-order valence-electron chi connectivity index (χ4n) is 2.37. The maximum atomic E-state index is 11.9. The second-order valence-electron chi connectivity index (χ2n) is 5.60. The van der Waals surface area contributed by atoms with Crippen LogP contribution in [0.25, 0.3) is 0 Å². The SMILES string of the molecule is NC1(C(=O)NCC2(c3ccccc3Br)CC2)CC1. The first kappa shape index (κ1) is 12.2. The third kappa shape index (κ3) is 2.08. The van der Waals surface area contributed by atoms with Crippen molar-refractivity contribution in [3.8, 4) is 0 Å². The Morgan fingerprint density at radius 3 is 2.50 bits per heavy atom. The van der Waals surface area contributed by atoms with E-state index in [0.29, 0.717) is 6.54 Å². The van der Waals surface area contributed by atoms with Gasteiger partial charge in [0.1, 0.15) is 0 Å². The van der Waals surface area contributed by atoms with Crippen LogP contribution in [0.3, 0.4) is 0 Å². The number of hydrogen-bond donors (Lipinski definition) is 2. The average molecular weight is 309 g/mol. The number of rotatable bonds is 4. The zero-order chi connectivity index (χ0) is 12.8. The molecule has 0 aliphatic heterocycles. The van der Waals surface area contributed by atoms with Crippen LogP contribution in [-0.4, -0.2) is 18.0 Å². The molecule has 0 atom stereocenters. The van der Waals surface area contributed by atoms with Gasteiger partial charge in [-0.1, -0.05) is 34.1 Å². The summed E-state index contributed by atoms with van der Waals surface area (Å²) in [4.78, 5) is 11.9. The molecule has 2 aliphatic rings. The first-order valence-corrected chi connectivity index (χ1v) is 7.17. The van der Waals surface area contributed by atoms with Gasteiger partial charge in [0.15, 0.2) is 0 Å². The lowest BCUT2D eigenvalue weighted by Crippen LogP contribution is -2.45. The van der Waals surface area contributed by atoms with Crippen molar-refractivity contribution in [2.75, 3.05) is 6.54 Å². The predicted octanol–water partition coefficient (Wildman–Crippen LogP) is 2.09. The summed E-state index contributed by atoms with van der Waals surface area (Å²) in [7, 11) is 0. The van der Waals surface area contributed by atoms with E-state index in [1.807, 2.05) is 12.1 Å². The van der Waals surface area contributed by atoms with Crippen LogP contribution < -0.4 is 11.1 Å². The number of benzene rings is 1. The topological polar surface area (TPSA) is 55.1 Å². The molecule has 2 aliphatic carbocycles. The molecule has 0 bridgehead atoms. The summed E-state index contributed by atoms with van der Waals surface area (Å²) in [5.74, 6) is 0.0147. The fraction of sp³-hybridized carbons (Fsp3) is 0.500. The van der Waals surface area contributed by atoms with Crippen LogP contribution in [0.4, 0.5) is 0 Å². The molecule has 0 spiro atoms. The molecule has 2 saturated carbocycles. The Balaban J connectivity index is 1.69. The van der Waals surface area contributed by atoms with Crippen molar-refractivity contribution < 1.29 is 4.79 Å². The van der Waals surface area contributed by atoms with Gasteiger partial charge in [0.25, 0.3) is 0 Å². The molecule has 4 heteroatoms. The molecule has 1 amide bonds. The fourth-order valence-corrected chi connectivity index (χ4v) is 3.08. The van der Waals surface area contributed by atoms with Gasteiger partial charge in [-0.15, -0.1) is 0 Å². The Morgan fingerprint density at radius 2 is 1.94 bits per heavy atom. The van der Waals surface area contributed by atoms with Gasteiger partial charge in [0.05, 0.1) is 5.54 Å². The van der Waals surface area contributed by atoms with E-state index in [4.69, 9.17) is 5.73 Å². The second kappa shape index (κ2) is 4.07. The van der Waals surface area contributed by atoms with Gasteiger partial charge in [-0.05, 0) is 37.3 Å². The highest BCUT2D eigenvalue weighted by Crippen LogP contribution is 2.50. The summed E-state index contributed by atoms with van der Waals surface area (Å²) in [6, 6.07) is 8.26. The van der Waals surface area contributed by atoms with Gasteiger partial charge in [0, 0.05) is 16.4 Å². The molecule has 0 heterocycles. The van der Waals surface area contributed by atoms with Crippen LogP contribution in [0.2, 0.25) is 0 Å². The van der Waals surface area contributed by atoms with Gasteiger partial charge < -0.3 is 11.1 Å². The smallest absolute Gasteiger partial charge is 0.240 e. The minimum Gasteiger partial charge on any atom is -0.354 e. The van der Waals surface area contributed by atoms with Crippen molar-refractivity contribution in [1.82, 2.24) is 5.32 Å². The van der Waals surface area contributed by atoms with E-state index in [0.717, 1.165) is 30.2 Å². The normalized spacial score (nSPS) is 22.3. The molecule has 0 unspecified atom stereocenters. The highest BCUT2D eigenvalue weighted by Gasteiger charge is 2.49. The molecule has 1 aromatic rings. The zero-order valence-corrected chi connectivity index (χ0v) is 11.8. The number of carbonyl (C=O) groups excluding carboxylic acids is 1. The molecule has 2 fully saturated rings. The maximum absolute atomic E-state index is 11.9. The Morgan fingerprint density at radius 1 is 1.28 bits per heavy atom. The Labute approximate surface area is 115 Å². The van der Waals surface area contributed by atoms with Crippen molar-refractivity contribution in [3.63, 3.8) is 0 Å². The van der Waals surface area contributed by atoms with Crippen LogP contribution in [0.15, 0.2) is 28.7 Å². The van der Waals surface area contributed by atoms with Crippen molar-refractivity contribution in [2.45, 2.75) is 36.6 Å². The lowest BCUT2D eigenvalue weighted by molar-refractivity contribution is -0.123. The summed E-state index contributed by atoms with van der Waals surface area (Å²) in [6.07, 6.45) is 3.91. The monoisotopic (exact) mass is 308 g/mol. The molecule has 96 valence electrons. The Hall–Kier alpha value is -0.870. The van der Waals surface area contributed by atoms with E-state index in [9.17, 15) is 4.79 Å². The minimum absolute atomic E-state index is 0.0147. The zero-order valence-electron chi connectivity index (χ0n) is 10.2. The molecule has 0 aromatic heterocycles. The quantitative estimate of drug-likeness (QED) is 0.895. The first-order valence-electron chi connectivity index (χ1n) is 6.38. The molecule has 0 radical (unpaired) electrons. The Kier molecular flexibility index (Phi) is 2.75. The van der Waals surface area contributed by atoms with E-state index in [1.54, 1.807) is 0 Å². The largest absolute Gasteiger partial charge is 0.354 e. The number of hydrogen-bond acceptors (Lipinski definition) is 2. The number of nitrogens with one attached hydrogen (secondary N) is 1. The molecule has 18 heavy (non-hydrogen) atoms. The standard InChI is InChI=1S/C14H17BrN2O/c15-11-4-2-1-3-10(11)13(5-6-13)9-17-12(18)14(16)7-8-14/h1-4H,5-9,16H2,(H,17,18). The summed E-state index contributed by atoms with van der Waals surface area (Å²) >= 11 is 3.59. The number of nitrogens with two attached hydrogens (primary N) is 1. The number of halogens is 1. The van der Waals surface area contributed by atoms with Crippen LogP contribution in [0, 0.1) is 0 Å². The third-order valence-corrected chi connectivity index (χ3v) is 4.82. The van der Waals surface area contributed by atoms with Crippen molar-refractivity contribution >= 4 is 21.8 Å². The molecule has 3 nitrogen and oxygen atoms in total. The van der Waals surface area contributed by atoms with E-state index >= 15 is 0 Å². The lowest BCUT2D eigenvalue weighted by Gasteiger charge is -2.19. The van der Waals surface area contributed by atoms with Crippen molar-refractivity contribution in [1.29, 1.82) is 0 Å².